The van der Waals surface area contributed by atoms with Gasteiger partial charge in [0.15, 0.2) is 0 Å². The van der Waals surface area contributed by atoms with Gasteiger partial charge in [-0.05, 0) is 73.7 Å². The van der Waals surface area contributed by atoms with Crippen LogP contribution in [0, 0.1) is 0 Å². The molecule has 1 saturated heterocycles. The number of allylic oxidation sites excluding steroid dienone is 1. The number of likely N-dealkylation sites (tertiary alicyclic amines) is 1. The Morgan fingerprint density at radius 1 is 0.941 bits per heavy atom. The van der Waals surface area contributed by atoms with E-state index in [0.717, 1.165) is 49.3 Å². The molecule has 2 atom stereocenters. The third-order valence-electron chi connectivity index (χ3n) is 7.42. The van der Waals surface area contributed by atoms with Crippen molar-refractivity contribution in [3.8, 4) is 0 Å². The molecule has 0 bridgehead atoms. The minimum absolute atomic E-state index is 0.333. The van der Waals surface area contributed by atoms with Crippen LogP contribution in [0.5, 0.6) is 0 Å². The fourth-order valence-corrected chi connectivity index (χ4v) is 5.58. The second-order valence-corrected chi connectivity index (χ2v) is 9.89. The summed E-state index contributed by atoms with van der Waals surface area (Å²) in [5, 5.41) is 0. The Morgan fingerprint density at radius 3 is 2.62 bits per heavy atom. The van der Waals surface area contributed by atoms with Gasteiger partial charge in [-0.15, -0.1) is 0 Å². The van der Waals surface area contributed by atoms with Crippen molar-refractivity contribution in [2.24, 2.45) is 4.99 Å². The van der Waals surface area contributed by atoms with Gasteiger partial charge in [0.25, 0.3) is 0 Å². The molecule has 2 aromatic carbocycles. The molecule has 1 aromatic heterocycles. The number of hydrogen-bond acceptors (Lipinski definition) is 4. The number of fused-ring (bicyclic) bond motifs is 2. The molecule has 1 aliphatic carbocycles. The van der Waals surface area contributed by atoms with E-state index in [4.69, 9.17) is 4.98 Å². The summed E-state index contributed by atoms with van der Waals surface area (Å²) in [6, 6.07) is 18.3. The highest BCUT2D eigenvalue weighted by atomic mass is 15.2. The molecule has 1 N–H and O–H groups in total. The maximum Gasteiger partial charge on any atom is 0.121 e. The molecule has 0 saturated carbocycles. The smallest absolute Gasteiger partial charge is 0.121 e. The maximum atomic E-state index is 4.88. The number of nitrogens with one attached hydrogen (secondary N) is 1. The Balaban J connectivity index is 1.23. The van der Waals surface area contributed by atoms with E-state index in [2.05, 4.69) is 86.5 Å². The van der Waals surface area contributed by atoms with E-state index in [1.54, 1.807) is 0 Å². The molecule has 174 valence electrons. The Kier molecular flexibility index (Phi) is 6.13. The van der Waals surface area contributed by atoms with Crippen molar-refractivity contribution < 1.29 is 0 Å². The summed E-state index contributed by atoms with van der Waals surface area (Å²) in [6.07, 6.45) is 13.6. The summed E-state index contributed by atoms with van der Waals surface area (Å²) in [5.41, 5.74) is 6.28. The van der Waals surface area contributed by atoms with Crippen LogP contribution < -0.4 is 0 Å². The van der Waals surface area contributed by atoms with Crippen LogP contribution in [0.1, 0.15) is 42.6 Å². The SMILES string of the molecule is C1=CC2=CC(N(Cc3ccc(CN4CCCC4)cc3)Cc3nc4ccccc4[nH]3)CCC2N=C1. The monoisotopic (exact) mass is 451 g/mol. The highest BCUT2D eigenvalue weighted by Crippen LogP contribution is 2.29. The Morgan fingerprint density at radius 2 is 1.76 bits per heavy atom. The topological polar surface area (TPSA) is 47.5 Å². The normalized spacial score (nSPS) is 22.4. The van der Waals surface area contributed by atoms with Gasteiger partial charge in [-0.2, -0.15) is 0 Å². The predicted molar refractivity (Wildman–Crippen MR) is 139 cm³/mol. The third kappa shape index (κ3) is 4.77. The molecule has 0 amide bonds. The summed E-state index contributed by atoms with van der Waals surface area (Å²) in [7, 11) is 0. The lowest BCUT2D eigenvalue weighted by atomic mass is 9.89. The number of rotatable bonds is 7. The van der Waals surface area contributed by atoms with Crippen molar-refractivity contribution in [3.63, 3.8) is 0 Å². The Hall–Kier alpha value is -3.02. The van der Waals surface area contributed by atoms with E-state index < -0.39 is 0 Å². The summed E-state index contributed by atoms with van der Waals surface area (Å²) in [6.45, 7) is 5.26. The highest BCUT2D eigenvalue weighted by molar-refractivity contribution is 5.75. The Bertz CT molecular complexity index is 1180. The first-order valence-corrected chi connectivity index (χ1v) is 12.7. The van der Waals surface area contributed by atoms with Gasteiger partial charge >= 0.3 is 0 Å². The minimum atomic E-state index is 0.333. The summed E-state index contributed by atoms with van der Waals surface area (Å²) >= 11 is 0. The molecule has 3 aliphatic rings. The van der Waals surface area contributed by atoms with E-state index in [1.807, 2.05) is 6.21 Å². The van der Waals surface area contributed by atoms with Crippen LogP contribution >= 0.6 is 0 Å². The molecule has 5 nitrogen and oxygen atoms in total. The zero-order valence-electron chi connectivity index (χ0n) is 19.7. The average Bonchev–Trinajstić information content (AvgIpc) is 3.54. The molecular weight excluding hydrogens is 418 g/mol. The number of dihydropyridines is 1. The van der Waals surface area contributed by atoms with Crippen molar-refractivity contribution >= 4 is 17.2 Å². The quantitative estimate of drug-likeness (QED) is 0.533. The lowest BCUT2D eigenvalue weighted by Gasteiger charge is -2.34. The van der Waals surface area contributed by atoms with Gasteiger partial charge in [0.2, 0.25) is 0 Å². The van der Waals surface area contributed by atoms with Gasteiger partial charge in [0.1, 0.15) is 5.82 Å². The first-order chi connectivity index (χ1) is 16.8. The third-order valence-corrected chi connectivity index (χ3v) is 7.42. The number of para-hydroxylation sites is 2. The molecule has 6 rings (SSSR count). The number of aromatic amines is 1. The zero-order chi connectivity index (χ0) is 22.7. The fourth-order valence-electron chi connectivity index (χ4n) is 5.58. The second kappa shape index (κ2) is 9.69. The van der Waals surface area contributed by atoms with Gasteiger partial charge < -0.3 is 4.98 Å². The number of nitrogens with zero attached hydrogens (tertiary/aromatic N) is 4. The van der Waals surface area contributed by atoms with Crippen LogP contribution in [0.3, 0.4) is 0 Å². The van der Waals surface area contributed by atoms with Crippen LogP contribution in [-0.2, 0) is 19.6 Å². The molecule has 2 aliphatic heterocycles. The second-order valence-electron chi connectivity index (χ2n) is 9.89. The molecule has 34 heavy (non-hydrogen) atoms. The summed E-state index contributed by atoms with van der Waals surface area (Å²) in [4.78, 5) is 18.2. The molecule has 0 radical (unpaired) electrons. The zero-order valence-corrected chi connectivity index (χ0v) is 19.7. The van der Waals surface area contributed by atoms with Gasteiger partial charge in [0, 0.05) is 25.3 Å². The van der Waals surface area contributed by atoms with Gasteiger partial charge in [0.05, 0.1) is 23.6 Å². The Labute approximate surface area is 201 Å². The fraction of sp³-hybridized carbons (Fsp3) is 0.379. The van der Waals surface area contributed by atoms with Crippen LogP contribution in [0.4, 0.5) is 0 Å². The van der Waals surface area contributed by atoms with E-state index in [1.165, 1.54) is 42.6 Å². The molecule has 2 unspecified atom stereocenters. The van der Waals surface area contributed by atoms with E-state index in [-0.39, 0.29) is 0 Å². The average molecular weight is 452 g/mol. The summed E-state index contributed by atoms with van der Waals surface area (Å²) < 4.78 is 0. The standard InChI is InChI=1S/C29H33N5/c1-2-8-28-27(7-1)31-29(32-28)21-34(25-13-14-26-24(18-25)6-5-15-30-26)20-23-11-9-22(10-12-23)19-33-16-3-4-17-33/h1-2,5-12,15,18,25-26H,3-4,13-14,16-17,19-21H2,(H,31,32). The van der Waals surface area contributed by atoms with Crippen LogP contribution in [0.15, 0.2) is 77.3 Å². The largest absolute Gasteiger partial charge is 0.341 e. The number of H-pyrrole nitrogens is 1. The van der Waals surface area contributed by atoms with E-state index in [9.17, 15) is 0 Å². The van der Waals surface area contributed by atoms with E-state index >= 15 is 0 Å². The number of aliphatic imine (C=N–C) groups is 1. The first kappa shape index (κ1) is 21.5. The summed E-state index contributed by atoms with van der Waals surface area (Å²) in [5.74, 6) is 1.03. The lowest BCUT2D eigenvalue weighted by Crippen LogP contribution is -2.37. The molecule has 3 heterocycles. The van der Waals surface area contributed by atoms with Crippen LogP contribution in [0.2, 0.25) is 0 Å². The molecule has 0 spiro atoms. The van der Waals surface area contributed by atoms with Crippen molar-refractivity contribution in [2.45, 2.75) is 57.4 Å². The molecule has 3 aromatic rings. The maximum absolute atomic E-state index is 4.88. The van der Waals surface area contributed by atoms with Crippen molar-refractivity contribution in [1.82, 2.24) is 19.8 Å². The molecule has 1 fully saturated rings. The number of benzene rings is 2. The van der Waals surface area contributed by atoms with Gasteiger partial charge in [-0.1, -0.05) is 48.6 Å². The predicted octanol–water partition coefficient (Wildman–Crippen LogP) is 5.26. The number of hydrogen-bond donors (Lipinski definition) is 1. The minimum Gasteiger partial charge on any atom is -0.341 e. The van der Waals surface area contributed by atoms with Gasteiger partial charge in [-0.25, -0.2) is 4.98 Å². The molecule has 5 heteroatoms. The first-order valence-electron chi connectivity index (χ1n) is 12.7. The number of imidazole rings is 1. The van der Waals surface area contributed by atoms with E-state index in [0.29, 0.717) is 12.1 Å². The van der Waals surface area contributed by atoms with Crippen molar-refractivity contribution in [2.75, 3.05) is 13.1 Å². The van der Waals surface area contributed by atoms with Crippen molar-refractivity contribution in [1.29, 1.82) is 0 Å². The van der Waals surface area contributed by atoms with Crippen molar-refractivity contribution in [3.05, 3.63) is 89.3 Å². The number of aromatic nitrogens is 2. The van der Waals surface area contributed by atoms with Gasteiger partial charge in [-0.3, -0.25) is 14.8 Å². The van der Waals surface area contributed by atoms with Crippen LogP contribution in [0.25, 0.3) is 11.0 Å². The lowest BCUT2D eigenvalue weighted by molar-refractivity contribution is 0.188. The highest BCUT2D eigenvalue weighted by Gasteiger charge is 2.27. The van der Waals surface area contributed by atoms with Crippen LogP contribution in [-0.4, -0.2) is 51.2 Å². The molecular formula is C29H33N5.